The third-order valence-electron chi connectivity index (χ3n) is 1.73. The molecule has 1 aliphatic rings. The summed E-state index contributed by atoms with van der Waals surface area (Å²) < 4.78 is 2.21. The predicted octanol–water partition coefficient (Wildman–Crippen LogP) is 1.79. The van der Waals surface area contributed by atoms with Gasteiger partial charge in [0.05, 0.1) is 34.7 Å². The average molecular weight is 246 g/mol. The van der Waals surface area contributed by atoms with Crippen LogP contribution in [-0.2, 0) is 6.42 Å². The molecule has 3 heteroatoms. The Morgan fingerprint density at radius 1 is 1.60 bits per heavy atom. The summed E-state index contributed by atoms with van der Waals surface area (Å²) in [7, 11) is 0. The molecule has 0 amide bonds. The van der Waals surface area contributed by atoms with Gasteiger partial charge in [-0.15, -0.1) is 0 Å². The Morgan fingerprint density at radius 2 is 2.50 bits per heavy atom. The highest BCUT2D eigenvalue weighted by molar-refractivity contribution is 14.1. The fraction of sp³-hybridized carbons (Fsp3) is 0.286. The van der Waals surface area contributed by atoms with Gasteiger partial charge in [-0.2, -0.15) is 0 Å². The lowest BCUT2D eigenvalue weighted by molar-refractivity contribution is 1.07. The first-order valence-corrected chi connectivity index (χ1v) is 4.20. The van der Waals surface area contributed by atoms with Crippen LogP contribution in [0.4, 0.5) is 5.69 Å². The topological polar surface area (TPSA) is 16.1 Å². The fourth-order valence-corrected chi connectivity index (χ4v) is 1.86. The summed E-state index contributed by atoms with van der Waals surface area (Å²) in [5.41, 5.74) is 2.70. The van der Waals surface area contributed by atoms with Crippen LogP contribution in [0.3, 0.4) is 0 Å². The summed E-state index contributed by atoms with van der Waals surface area (Å²) in [4.78, 5) is 4.06. The van der Waals surface area contributed by atoms with E-state index < -0.39 is 0 Å². The van der Waals surface area contributed by atoms with E-state index in [2.05, 4.69) is 37.0 Å². The molecule has 0 fully saturated rings. The minimum Gasteiger partial charge on any atom is -0.313 e. The smallest absolute Gasteiger partial charge is 0.0673 e. The number of pyridine rings is 1. The molecular formula is C7H7IN2. The highest BCUT2D eigenvalue weighted by atomic mass is 127. The number of nitrogens with zero attached hydrogens (tertiary/aromatic N) is 2. The van der Waals surface area contributed by atoms with Crippen LogP contribution in [0.25, 0.3) is 0 Å². The Balaban J connectivity index is 2.51. The molecule has 1 aliphatic heterocycles. The fourth-order valence-electron chi connectivity index (χ4n) is 1.18. The number of hydrogen-bond acceptors (Lipinski definition) is 2. The summed E-state index contributed by atoms with van der Waals surface area (Å²) in [5, 5.41) is 0. The van der Waals surface area contributed by atoms with E-state index >= 15 is 0 Å². The first kappa shape index (κ1) is 6.39. The molecule has 0 bridgehead atoms. The van der Waals surface area contributed by atoms with Crippen LogP contribution in [0.1, 0.15) is 5.56 Å². The zero-order valence-electron chi connectivity index (χ0n) is 5.42. The van der Waals surface area contributed by atoms with E-state index in [0.717, 1.165) is 6.54 Å². The highest BCUT2D eigenvalue weighted by Gasteiger charge is 2.15. The van der Waals surface area contributed by atoms with Crippen molar-refractivity contribution in [3.8, 4) is 0 Å². The van der Waals surface area contributed by atoms with Gasteiger partial charge in [0.15, 0.2) is 0 Å². The van der Waals surface area contributed by atoms with Crippen molar-refractivity contribution in [3.63, 3.8) is 0 Å². The molecule has 0 saturated carbocycles. The molecule has 2 nitrogen and oxygen atoms in total. The van der Waals surface area contributed by atoms with Crippen LogP contribution in [0.15, 0.2) is 18.5 Å². The van der Waals surface area contributed by atoms with Crippen LogP contribution < -0.4 is 3.11 Å². The molecule has 52 valence electrons. The van der Waals surface area contributed by atoms with Gasteiger partial charge in [-0.25, -0.2) is 0 Å². The van der Waals surface area contributed by atoms with E-state index in [1.165, 1.54) is 17.7 Å². The second kappa shape index (κ2) is 2.38. The van der Waals surface area contributed by atoms with E-state index in [1.54, 1.807) is 0 Å². The lowest BCUT2D eigenvalue weighted by Gasteiger charge is -2.06. The van der Waals surface area contributed by atoms with Gasteiger partial charge in [-0.1, -0.05) is 0 Å². The largest absolute Gasteiger partial charge is 0.313 e. The lowest BCUT2D eigenvalue weighted by atomic mass is 10.2. The molecule has 0 N–H and O–H groups in total. The Kier molecular flexibility index (Phi) is 1.52. The Hall–Kier alpha value is -0.320. The van der Waals surface area contributed by atoms with Crippen LogP contribution in [0, 0.1) is 0 Å². The predicted molar refractivity (Wildman–Crippen MR) is 49.3 cm³/mol. The second-order valence-electron chi connectivity index (χ2n) is 2.34. The first-order valence-electron chi connectivity index (χ1n) is 3.24. The monoisotopic (exact) mass is 246 g/mol. The zero-order valence-corrected chi connectivity index (χ0v) is 7.58. The summed E-state index contributed by atoms with van der Waals surface area (Å²) in [6, 6.07) is 2.09. The maximum Gasteiger partial charge on any atom is 0.0673 e. The first-order chi connectivity index (χ1) is 4.88. The van der Waals surface area contributed by atoms with Crippen LogP contribution in [-0.4, -0.2) is 11.5 Å². The van der Waals surface area contributed by atoms with Gasteiger partial charge in [0.2, 0.25) is 0 Å². The molecule has 1 aromatic heterocycles. The van der Waals surface area contributed by atoms with Gasteiger partial charge in [-0.05, 0) is 18.1 Å². The van der Waals surface area contributed by atoms with Crippen LogP contribution >= 0.6 is 22.9 Å². The van der Waals surface area contributed by atoms with Gasteiger partial charge >= 0.3 is 0 Å². The maximum atomic E-state index is 4.06. The molecule has 0 radical (unpaired) electrons. The summed E-state index contributed by atoms with van der Waals surface area (Å²) in [6.07, 6.45) is 4.95. The van der Waals surface area contributed by atoms with Gasteiger partial charge in [0.25, 0.3) is 0 Å². The molecule has 10 heavy (non-hydrogen) atoms. The standard InChI is InChI=1S/C7H7IN2/c8-10-4-2-6-1-3-9-5-7(6)10/h1,3,5H,2,4H2. The average Bonchev–Trinajstić information content (AvgIpc) is 2.34. The molecule has 0 aliphatic carbocycles. The van der Waals surface area contributed by atoms with Crippen molar-refractivity contribution >= 4 is 28.6 Å². The van der Waals surface area contributed by atoms with Gasteiger partial charge in [0, 0.05) is 12.7 Å². The van der Waals surface area contributed by atoms with E-state index in [0.29, 0.717) is 0 Å². The normalized spacial score (nSPS) is 15.5. The van der Waals surface area contributed by atoms with Crippen LogP contribution in [0.2, 0.25) is 0 Å². The molecule has 0 spiro atoms. The van der Waals surface area contributed by atoms with Crippen molar-refractivity contribution in [2.45, 2.75) is 6.42 Å². The van der Waals surface area contributed by atoms with Crippen molar-refractivity contribution in [1.82, 2.24) is 4.98 Å². The van der Waals surface area contributed by atoms with Gasteiger partial charge in [0.1, 0.15) is 0 Å². The van der Waals surface area contributed by atoms with Crippen molar-refractivity contribution in [2.75, 3.05) is 9.66 Å². The SMILES string of the molecule is IN1CCc2ccncc21. The summed E-state index contributed by atoms with van der Waals surface area (Å²) in [5.74, 6) is 0. The molecule has 0 aromatic carbocycles. The summed E-state index contributed by atoms with van der Waals surface area (Å²) in [6.45, 7) is 1.13. The molecular weight excluding hydrogens is 239 g/mol. The second-order valence-corrected chi connectivity index (χ2v) is 3.50. The number of anilines is 1. The quantitative estimate of drug-likeness (QED) is 0.512. The number of aromatic nitrogens is 1. The molecule has 0 atom stereocenters. The van der Waals surface area contributed by atoms with Crippen molar-refractivity contribution in [3.05, 3.63) is 24.0 Å². The third kappa shape index (κ3) is 0.885. The molecule has 0 saturated heterocycles. The Bertz CT molecular complexity index is 249. The molecule has 2 rings (SSSR count). The summed E-state index contributed by atoms with van der Waals surface area (Å²) >= 11 is 2.32. The van der Waals surface area contributed by atoms with E-state index in [9.17, 15) is 0 Å². The molecule has 1 aromatic rings. The minimum absolute atomic E-state index is 1.13. The van der Waals surface area contributed by atoms with E-state index in [1.807, 2.05) is 12.4 Å². The number of fused-ring (bicyclic) bond motifs is 1. The number of halogens is 1. The lowest BCUT2D eigenvalue weighted by Crippen LogP contribution is -2.03. The van der Waals surface area contributed by atoms with E-state index in [4.69, 9.17) is 0 Å². The van der Waals surface area contributed by atoms with Crippen molar-refractivity contribution in [2.24, 2.45) is 0 Å². The Morgan fingerprint density at radius 3 is 3.30 bits per heavy atom. The highest BCUT2D eigenvalue weighted by Crippen LogP contribution is 2.28. The number of hydrogen-bond donors (Lipinski definition) is 0. The Labute approximate surface area is 73.8 Å². The minimum atomic E-state index is 1.13. The van der Waals surface area contributed by atoms with Gasteiger partial charge in [-0.3, -0.25) is 4.98 Å². The van der Waals surface area contributed by atoms with Gasteiger partial charge < -0.3 is 3.11 Å². The van der Waals surface area contributed by atoms with Crippen molar-refractivity contribution < 1.29 is 0 Å². The van der Waals surface area contributed by atoms with Crippen molar-refractivity contribution in [1.29, 1.82) is 0 Å². The third-order valence-corrected chi connectivity index (χ3v) is 2.73. The van der Waals surface area contributed by atoms with Crippen LogP contribution in [0.5, 0.6) is 0 Å². The zero-order chi connectivity index (χ0) is 6.97. The number of rotatable bonds is 0. The molecule has 2 heterocycles. The maximum absolute atomic E-state index is 4.06. The van der Waals surface area contributed by atoms with E-state index in [-0.39, 0.29) is 0 Å². The molecule has 0 unspecified atom stereocenters.